The number of rotatable bonds is 3. The maximum Gasteiger partial charge on any atom is 0.321 e. The van der Waals surface area contributed by atoms with Gasteiger partial charge in [-0.15, -0.1) is 6.58 Å². The summed E-state index contributed by atoms with van der Waals surface area (Å²) in [7, 11) is 0.844. The van der Waals surface area contributed by atoms with Crippen molar-refractivity contribution in [2.24, 2.45) is 0 Å². The highest BCUT2D eigenvalue weighted by Gasteiger charge is 2.10. The standard InChI is InChI=1S/C4H5O2S2/c1-2-3(8-7)4(5)6/h2-3H,1H2,(H,5,6). The molecule has 0 saturated heterocycles. The fraction of sp³-hybridized carbons (Fsp3) is 0.250. The highest BCUT2D eigenvalue weighted by molar-refractivity contribution is 8.69. The summed E-state index contributed by atoms with van der Waals surface area (Å²) >= 11 is 4.41. The van der Waals surface area contributed by atoms with Crippen LogP contribution in [0.15, 0.2) is 12.7 Å². The number of aliphatic carboxylic acids is 1. The summed E-state index contributed by atoms with van der Waals surface area (Å²) in [5, 5.41) is 7.58. The van der Waals surface area contributed by atoms with Gasteiger partial charge in [-0.3, -0.25) is 4.79 Å². The smallest absolute Gasteiger partial charge is 0.321 e. The quantitative estimate of drug-likeness (QED) is 0.487. The molecule has 0 aliphatic rings. The van der Waals surface area contributed by atoms with Gasteiger partial charge in [-0.25, -0.2) is 0 Å². The van der Waals surface area contributed by atoms with Crippen LogP contribution >= 0.6 is 22.5 Å². The topological polar surface area (TPSA) is 37.3 Å². The van der Waals surface area contributed by atoms with Crippen molar-refractivity contribution < 1.29 is 9.90 Å². The third kappa shape index (κ3) is 2.28. The van der Waals surface area contributed by atoms with Gasteiger partial charge in [-0.1, -0.05) is 16.9 Å². The highest BCUT2D eigenvalue weighted by atomic mass is 33.1. The van der Waals surface area contributed by atoms with Crippen LogP contribution in [0.3, 0.4) is 0 Å². The Bertz CT molecular complexity index is 102. The number of hydrogen-bond donors (Lipinski definition) is 1. The molecule has 1 atom stereocenters. The van der Waals surface area contributed by atoms with Gasteiger partial charge in [0.25, 0.3) is 0 Å². The van der Waals surface area contributed by atoms with Crippen LogP contribution < -0.4 is 0 Å². The van der Waals surface area contributed by atoms with Crippen LogP contribution in [0, 0.1) is 0 Å². The second-order valence-electron chi connectivity index (χ2n) is 1.09. The molecule has 4 heteroatoms. The van der Waals surface area contributed by atoms with E-state index in [0.717, 1.165) is 10.8 Å². The first kappa shape index (κ1) is 7.91. The van der Waals surface area contributed by atoms with Crippen LogP contribution in [-0.4, -0.2) is 16.3 Å². The van der Waals surface area contributed by atoms with E-state index in [0.29, 0.717) is 0 Å². The molecule has 0 fully saturated rings. The number of carbonyl (C=O) groups is 1. The van der Waals surface area contributed by atoms with Crippen LogP contribution in [0.4, 0.5) is 0 Å². The molecule has 0 aromatic rings. The van der Waals surface area contributed by atoms with Gasteiger partial charge in [-0.2, -0.15) is 0 Å². The number of carboxylic acids is 1. The van der Waals surface area contributed by atoms with Gasteiger partial charge in [0.15, 0.2) is 0 Å². The lowest BCUT2D eigenvalue weighted by Crippen LogP contribution is -2.10. The fourth-order valence-corrected chi connectivity index (χ4v) is 0.825. The molecule has 1 radical (unpaired) electrons. The van der Waals surface area contributed by atoms with Gasteiger partial charge in [0.2, 0.25) is 0 Å². The molecule has 0 spiro atoms. The van der Waals surface area contributed by atoms with E-state index in [2.05, 4.69) is 18.2 Å². The van der Waals surface area contributed by atoms with Crippen molar-refractivity contribution in [3.8, 4) is 0 Å². The lowest BCUT2D eigenvalue weighted by atomic mass is 10.4. The normalized spacial score (nSPS) is 12.6. The van der Waals surface area contributed by atoms with E-state index in [1.807, 2.05) is 0 Å². The lowest BCUT2D eigenvalue weighted by molar-refractivity contribution is -0.135. The molecule has 0 aromatic heterocycles. The summed E-state index contributed by atoms with van der Waals surface area (Å²) in [5.74, 6) is -0.931. The molecular formula is C4H5O2S2. The third-order valence-corrected chi connectivity index (χ3v) is 1.78. The van der Waals surface area contributed by atoms with Crippen molar-refractivity contribution in [3.05, 3.63) is 12.7 Å². The van der Waals surface area contributed by atoms with E-state index in [9.17, 15) is 4.79 Å². The zero-order valence-electron chi connectivity index (χ0n) is 4.03. The van der Waals surface area contributed by atoms with Gasteiger partial charge < -0.3 is 5.11 Å². The van der Waals surface area contributed by atoms with Gasteiger partial charge >= 0.3 is 5.97 Å². The molecule has 2 nitrogen and oxygen atoms in total. The summed E-state index contributed by atoms with van der Waals surface area (Å²) in [4.78, 5) is 10.0. The van der Waals surface area contributed by atoms with Gasteiger partial charge in [0.05, 0.1) is 0 Å². The van der Waals surface area contributed by atoms with Gasteiger partial charge in [0, 0.05) is 0 Å². The van der Waals surface area contributed by atoms with Crippen LogP contribution in [0.2, 0.25) is 0 Å². The molecule has 0 aliphatic heterocycles. The van der Waals surface area contributed by atoms with Crippen LogP contribution in [0.25, 0.3) is 0 Å². The van der Waals surface area contributed by atoms with Crippen molar-refractivity contribution in [2.75, 3.05) is 0 Å². The maximum atomic E-state index is 10.0. The molecule has 0 bridgehead atoms. The molecule has 0 heterocycles. The monoisotopic (exact) mass is 149 g/mol. The maximum absolute atomic E-state index is 10.0. The molecule has 0 amide bonds. The Balaban J connectivity index is 3.69. The predicted octanol–water partition coefficient (Wildman–Crippen LogP) is 1.47. The summed E-state index contributed by atoms with van der Waals surface area (Å²) < 4.78 is 0. The molecule has 45 valence electrons. The summed E-state index contributed by atoms with van der Waals surface area (Å²) in [5.41, 5.74) is 0. The Morgan fingerprint density at radius 2 is 2.50 bits per heavy atom. The summed E-state index contributed by atoms with van der Waals surface area (Å²) in [6.45, 7) is 3.28. The minimum absolute atomic E-state index is 0.634. The first-order chi connectivity index (χ1) is 3.72. The third-order valence-electron chi connectivity index (χ3n) is 0.561. The van der Waals surface area contributed by atoms with E-state index in [1.54, 1.807) is 0 Å². The summed E-state index contributed by atoms with van der Waals surface area (Å²) in [6.07, 6.45) is 1.31. The van der Waals surface area contributed by atoms with Gasteiger partial charge in [0.1, 0.15) is 5.25 Å². The predicted molar refractivity (Wildman–Crippen MR) is 36.8 cm³/mol. The summed E-state index contributed by atoms with van der Waals surface area (Å²) in [6, 6.07) is 0. The average molecular weight is 149 g/mol. The SMILES string of the molecule is C=CC(S[S])C(=O)O. The molecule has 1 unspecified atom stereocenters. The molecule has 0 aromatic carbocycles. The fourth-order valence-electron chi connectivity index (χ4n) is 0.181. The molecule has 8 heavy (non-hydrogen) atoms. The van der Waals surface area contributed by atoms with Crippen LogP contribution in [0.5, 0.6) is 0 Å². The van der Waals surface area contributed by atoms with Crippen molar-refractivity contribution in [2.45, 2.75) is 5.25 Å². The molecule has 0 aliphatic carbocycles. The van der Waals surface area contributed by atoms with Crippen LogP contribution in [-0.2, 0) is 4.79 Å². The molecule has 1 N–H and O–H groups in total. The van der Waals surface area contributed by atoms with Crippen molar-refractivity contribution >= 4 is 28.4 Å². The van der Waals surface area contributed by atoms with E-state index >= 15 is 0 Å². The van der Waals surface area contributed by atoms with Crippen molar-refractivity contribution in [1.29, 1.82) is 0 Å². The van der Waals surface area contributed by atoms with E-state index in [1.165, 1.54) is 6.08 Å². The first-order valence-electron chi connectivity index (χ1n) is 1.86. The Morgan fingerprint density at radius 3 is 2.50 bits per heavy atom. The van der Waals surface area contributed by atoms with Crippen molar-refractivity contribution in [3.63, 3.8) is 0 Å². The van der Waals surface area contributed by atoms with E-state index in [4.69, 9.17) is 5.11 Å². The van der Waals surface area contributed by atoms with Gasteiger partial charge in [-0.05, 0) is 11.7 Å². The first-order valence-corrected chi connectivity index (χ1v) is 3.67. The minimum atomic E-state index is -0.931. The average Bonchev–Trinajstić information content (AvgIpc) is 1.69. The number of hydrogen-bond acceptors (Lipinski definition) is 2. The second kappa shape index (κ2) is 3.86. The zero-order valence-corrected chi connectivity index (χ0v) is 5.67. The van der Waals surface area contributed by atoms with E-state index in [-0.39, 0.29) is 0 Å². The Kier molecular flexibility index (Phi) is 3.81. The van der Waals surface area contributed by atoms with E-state index < -0.39 is 11.2 Å². The minimum Gasteiger partial charge on any atom is -0.480 e. The Hall–Kier alpha value is -0.0900. The molecule has 0 rings (SSSR count). The second-order valence-corrected chi connectivity index (χ2v) is 2.37. The van der Waals surface area contributed by atoms with Crippen LogP contribution in [0.1, 0.15) is 0 Å². The largest absolute Gasteiger partial charge is 0.480 e. The molecule has 0 saturated carbocycles. The Labute approximate surface area is 56.8 Å². The Morgan fingerprint density at radius 1 is 2.00 bits per heavy atom. The number of carboxylic acid groups (broad SMARTS) is 1. The van der Waals surface area contributed by atoms with Crippen molar-refractivity contribution in [1.82, 2.24) is 0 Å². The zero-order chi connectivity index (χ0) is 6.57. The highest BCUT2D eigenvalue weighted by Crippen LogP contribution is 2.15. The molecular weight excluding hydrogens is 144 g/mol. The lowest BCUT2D eigenvalue weighted by Gasteiger charge is -1.96.